The number of aliphatic hydroxyl groups excluding tert-OH is 1. The molecule has 0 radical (unpaired) electrons. The van der Waals surface area contributed by atoms with Gasteiger partial charge in [0.2, 0.25) is 0 Å². The molecule has 0 aromatic heterocycles. The van der Waals surface area contributed by atoms with Crippen LogP contribution in [0.5, 0.6) is 0 Å². The van der Waals surface area contributed by atoms with Gasteiger partial charge in [-0.25, -0.2) is 0 Å². The van der Waals surface area contributed by atoms with Gasteiger partial charge in [-0.3, -0.25) is 0 Å². The number of hydrogen-bond acceptors (Lipinski definition) is 1. The molecule has 2 fully saturated rings. The van der Waals surface area contributed by atoms with Crippen molar-refractivity contribution in [2.24, 2.45) is 16.7 Å². The fourth-order valence-electron chi connectivity index (χ4n) is 3.09. The van der Waals surface area contributed by atoms with E-state index in [1.165, 1.54) is 19.3 Å². The average Bonchev–Trinajstić information content (AvgIpc) is 2.36. The predicted molar refractivity (Wildman–Crippen MR) is 45.2 cm³/mol. The molecule has 1 N–H and O–H groups in total. The Labute approximate surface area is 68.8 Å². The largest absolute Gasteiger partial charge is 0.392 e. The predicted octanol–water partition coefficient (Wildman–Crippen LogP) is 2.19. The zero-order valence-corrected chi connectivity index (χ0v) is 7.72. The van der Waals surface area contributed by atoms with Crippen molar-refractivity contribution in [3.63, 3.8) is 0 Å². The van der Waals surface area contributed by atoms with Crippen LogP contribution in [0, 0.1) is 16.7 Å². The Balaban J connectivity index is 2.36. The van der Waals surface area contributed by atoms with E-state index in [1.54, 1.807) is 0 Å². The second-order valence-corrected chi connectivity index (χ2v) is 5.23. The Morgan fingerprint density at radius 3 is 2.18 bits per heavy atom. The lowest BCUT2D eigenvalue weighted by molar-refractivity contribution is -0.0302. The molecule has 1 heteroatoms. The molecule has 0 aromatic carbocycles. The van der Waals surface area contributed by atoms with Crippen molar-refractivity contribution >= 4 is 0 Å². The van der Waals surface area contributed by atoms with Crippen molar-refractivity contribution in [2.75, 3.05) is 0 Å². The van der Waals surface area contributed by atoms with Crippen LogP contribution in [0.2, 0.25) is 0 Å². The fourth-order valence-corrected chi connectivity index (χ4v) is 3.09. The van der Waals surface area contributed by atoms with Crippen molar-refractivity contribution in [3.8, 4) is 0 Å². The van der Waals surface area contributed by atoms with Gasteiger partial charge in [-0.15, -0.1) is 0 Å². The summed E-state index contributed by atoms with van der Waals surface area (Å²) in [5.74, 6) is 0.606. The summed E-state index contributed by atoms with van der Waals surface area (Å²) in [5, 5.41) is 9.91. The van der Waals surface area contributed by atoms with Crippen LogP contribution in [0.15, 0.2) is 0 Å². The smallest absolute Gasteiger partial charge is 0.0624 e. The van der Waals surface area contributed by atoms with E-state index in [2.05, 4.69) is 20.8 Å². The van der Waals surface area contributed by atoms with E-state index in [1.807, 2.05) is 0 Å². The minimum absolute atomic E-state index is 0.0405. The van der Waals surface area contributed by atoms with Crippen LogP contribution < -0.4 is 0 Å². The minimum Gasteiger partial charge on any atom is -0.392 e. The van der Waals surface area contributed by atoms with E-state index in [4.69, 9.17) is 0 Å². The van der Waals surface area contributed by atoms with Crippen LogP contribution in [0.1, 0.15) is 40.0 Å². The lowest BCUT2D eigenvalue weighted by Crippen LogP contribution is -2.40. The van der Waals surface area contributed by atoms with Crippen LogP contribution in [0.25, 0.3) is 0 Å². The maximum absolute atomic E-state index is 9.91. The first-order valence-corrected chi connectivity index (χ1v) is 4.65. The molecule has 0 aliphatic heterocycles. The summed E-state index contributed by atoms with van der Waals surface area (Å²) in [4.78, 5) is 0. The quantitative estimate of drug-likeness (QED) is 0.567. The van der Waals surface area contributed by atoms with Crippen LogP contribution in [-0.4, -0.2) is 11.2 Å². The molecule has 0 heterocycles. The molecule has 2 rings (SSSR count). The second kappa shape index (κ2) is 1.82. The van der Waals surface area contributed by atoms with Gasteiger partial charge in [0.1, 0.15) is 0 Å². The number of fused-ring (bicyclic) bond motifs is 2. The molecule has 0 spiro atoms. The summed E-state index contributed by atoms with van der Waals surface area (Å²) in [6.45, 7) is 6.77. The van der Waals surface area contributed by atoms with Crippen molar-refractivity contribution < 1.29 is 5.11 Å². The van der Waals surface area contributed by atoms with Crippen molar-refractivity contribution in [3.05, 3.63) is 0 Å². The lowest BCUT2D eigenvalue weighted by Gasteiger charge is -2.42. The zero-order valence-electron chi connectivity index (χ0n) is 7.72. The summed E-state index contributed by atoms with van der Waals surface area (Å²) >= 11 is 0. The van der Waals surface area contributed by atoms with Gasteiger partial charge in [-0.05, 0) is 36.0 Å². The van der Waals surface area contributed by atoms with Crippen LogP contribution in [-0.2, 0) is 0 Å². The molecule has 0 amide bonds. The third-order valence-corrected chi connectivity index (χ3v) is 4.52. The normalized spacial score (nSPS) is 53.5. The van der Waals surface area contributed by atoms with Gasteiger partial charge < -0.3 is 5.11 Å². The first kappa shape index (κ1) is 7.60. The van der Waals surface area contributed by atoms with E-state index in [9.17, 15) is 5.11 Å². The summed E-state index contributed by atoms with van der Waals surface area (Å²) in [6, 6.07) is 0. The minimum atomic E-state index is -0.0405. The molecular formula is C10H18O. The highest BCUT2D eigenvalue weighted by molar-refractivity contribution is 5.09. The van der Waals surface area contributed by atoms with Gasteiger partial charge in [0, 0.05) is 0 Å². The van der Waals surface area contributed by atoms with Crippen LogP contribution >= 0.6 is 0 Å². The Bertz CT molecular complexity index is 183. The van der Waals surface area contributed by atoms with Gasteiger partial charge in [0.15, 0.2) is 0 Å². The topological polar surface area (TPSA) is 20.2 Å². The average molecular weight is 154 g/mol. The van der Waals surface area contributed by atoms with Gasteiger partial charge in [-0.1, -0.05) is 20.8 Å². The maximum Gasteiger partial charge on any atom is 0.0624 e. The van der Waals surface area contributed by atoms with Crippen molar-refractivity contribution in [1.82, 2.24) is 0 Å². The highest BCUT2D eigenvalue weighted by Gasteiger charge is 2.59. The Morgan fingerprint density at radius 2 is 1.91 bits per heavy atom. The summed E-state index contributed by atoms with van der Waals surface area (Å²) in [5.41, 5.74) is 0.590. The Morgan fingerprint density at radius 1 is 1.27 bits per heavy atom. The molecule has 1 nitrogen and oxygen atoms in total. The van der Waals surface area contributed by atoms with Gasteiger partial charge >= 0.3 is 0 Å². The lowest BCUT2D eigenvalue weighted by atomic mass is 9.65. The van der Waals surface area contributed by atoms with Gasteiger partial charge in [-0.2, -0.15) is 0 Å². The second-order valence-electron chi connectivity index (χ2n) is 5.23. The molecule has 0 unspecified atom stereocenters. The molecule has 2 saturated carbocycles. The SMILES string of the molecule is CC1(C)[C@@H](O)[C@H]2CC[C@@]1(C)C2. The van der Waals surface area contributed by atoms with E-state index < -0.39 is 0 Å². The van der Waals surface area contributed by atoms with Crippen LogP contribution in [0.4, 0.5) is 0 Å². The van der Waals surface area contributed by atoms with Crippen molar-refractivity contribution in [1.29, 1.82) is 0 Å². The first-order valence-electron chi connectivity index (χ1n) is 4.65. The third kappa shape index (κ3) is 0.703. The number of aliphatic hydroxyl groups is 1. The zero-order chi connectivity index (χ0) is 8.28. The fraction of sp³-hybridized carbons (Fsp3) is 1.00. The highest BCUT2D eigenvalue weighted by Crippen LogP contribution is 2.63. The van der Waals surface area contributed by atoms with Crippen LogP contribution in [0.3, 0.4) is 0 Å². The number of rotatable bonds is 0. The standard InChI is InChI=1S/C10H18O/c1-9(2)8(11)7-4-5-10(9,3)6-7/h7-8,11H,4-6H2,1-3H3/t7-,8-,10-/m0/s1. The molecule has 0 saturated heterocycles. The molecule has 2 aliphatic rings. The number of hydrogen-bond donors (Lipinski definition) is 1. The molecule has 11 heavy (non-hydrogen) atoms. The third-order valence-electron chi connectivity index (χ3n) is 4.52. The Hall–Kier alpha value is -0.0400. The van der Waals surface area contributed by atoms with E-state index in [0.717, 1.165) is 0 Å². The van der Waals surface area contributed by atoms with Gasteiger partial charge in [0.05, 0.1) is 6.10 Å². The molecule has 3 atom stereocenters. The van der Waals surface area contributed by atoms with Gasteiger partial charge in [0.25, 0.3) is 0 Å². The highest BCUT2D eigenvalue weighted by atomic mass is 16.3. The summed E-state index contributed by atoms with van der Waals surface area (Å²) in [6.07, 6.45) is 3.78. The van der Waals surface area contributed by atoms with E-state index in [0.29, 0.717) is 11.3 Å². The molecular weight excluding hydrogens is 136 g/mol. The summed E-state index contributed by atoms with van der Waals surface area (Å²) in [7, 11) is 0. The Kier molecular flexibility index (Phi) is 1.26. The van der Waals surface area contributed by atoms with E-state index in [-0.39, 0.29) is 11.5 Å². The molecule has 2 aliphatic carbocycles. The monoisotopic (exact) mass is 154 g/mol. The molecule has 2 bridgehead atoms. The van der Waals surface area contributed by atoms with Crippen molar-refractivity contribution in [2.45, 2.75) is 46.1 Å². The first-order chi connectivity index (χ1) is 4.97. The maximum atomic E-state index is 9.91. The molecule has 64 valence electrons. The molecule has 0 aromatic rings. The van der Waals surface area contributed by atoms with E-state index >= 15 is 0 Å². The summed E-state index contributed by atoms with van der Waals surface area (Å²) < 4.78 is 0.